The lowest BCUT2D eigenvalue weighted by Crippen LogP contribution is -2.39. The van der Waals surface area contributed by atoms with Crippen molar-refractivity contribution in [2.24, 2.45) is 5.92 Å². The van der Waals surface area contributed by atoms with Gasteiger partial charge < -0.3 is 24.6 Å². The number of nitrogens with zero attached hydrogens (tertiary/aromatic N) is 2. The Labute approximate surface area is 202 Å². The van der Waals surface area contributed by atoms with Crippen LogP contribution in [0, 0.1) is 5.92 Å². The van der Waals surface area contributed by atoms with Crippen molar-refractivity contribution in [2.45, 2.75) is 39.0 Å². The van der Waals surface area contributed by atoms with Crippen molar-refractivity contribution >= 4 is 23.2 Å². The number of amides is 2. The van der Waals surface area contributed by atoms with Crippen LogP contribution in [0.5, 0.6) is 11.5 Å². The third kappa shape index (κ3) is 5.46. The first kappa shape index (κ1) is 23.9. The Morgan fingerprint density at radius 3 is 2.15 bits per heavy atom. The van der Waals surface area contributed by atoms with Gasteiger partial charge in [-0.05, 0) is 68.4 Å². The Morgan fingerprint density at radius 1 is 0.882 bits per heavy atom. The largest absolute Gasteiger partial charge is 0.497 e. The van der Waals surface area contributed by atoms with E-state index in [9.17, 15) is 9.59 Å². The number of carbonyl (C=O) groups is 2. The number of hydrogen-bond donors (Lipinski definition) is 1. The van der Waals surface area contributed by atoms with Gasteiger partial charge in [0.2, 0.25) is 0 Å². The Kier molecular flexibility index (Phi) is 7.60. The fraction of sp³-hybridized carbons (Fsp3) is 0.481. The summed E-state index contributed by atoms with van der Waals surface area (Å²) in [5.74, 6) is 1.50. The third-order valence-electron chi connectivity index (χ3n) is 6.87. The number of nitrogens with one attached hydrogen (secondary N) is 1. The van der Waals surface area contributed by atoms with E-state index in [-0.39, 0.29) is 11.8 Å². The lowest BCUT2D eigenvalue weighted by atomic mass is 9.98. The van der Waals surface area contributed by atoms with Gasteiger partial charge in [-0.25, -0.2) is 0 Å². The Bertz CT molecular complexity index is 1000. The summed E-state index contributed by atoms with van der Waals surface area (Å²) in [4.78, 5) is 30.9. The molecule has 182 valence electrons. The van der Waals surface area contributed by atoms with Crippen LogP contribution in [-0.2, 0) is 0 Å². The van der Waals surface area contributed by atoms with Crippen molar-refractivity contribution in [2.75, 3.05) is 50.6 Å². The van der Waals surface area contributed by atoms with Crippen LogP contribution in [0.4, 0.5) is 11.4 Å². The molecular formula is C27H35N3O4. The van der Waals surface area contributed by atoms with Crippen molar-refractivity contribution in [1.29, 1.82) is 0 Å². The van der Waals surface area contributed by atoms with Gasteiger partial charge in [-0.2, -0.15) is 0 Å². The molecule has 0 aliphatic carbocycles. The normalized spacial score (nSPS) is 16.8. The van der Waals surface area contributed by atoms with Gasteiger partial charge in [0.15, 0.2) is 0 Å². The van der Waals surface area contributed by atoms with Crippen LogP contribution in [0.1, 0.15) is 59.7 Å². The number of piperidine rings is 2. The van der Waals surface area contributed by atoms with Gasteiger partial charge in [0.25, 0.3) is 11.8 Å². The minimum atomic E-state index is -0.284. The molecule has 2 fully saturated rings. The van der Waals surface area contributed by atoms with Gasteiger partial charge >= 0.3 is 0 Å². The summed E-state index contributed by atoms with van der Waals surface area (Å²) >= 11 is 0. The van der Waals surface area contributed by atoms with Crippen LogP contribution in [0.3, 0.4) is 0 Å². The summed E-state index contributed by atoms with van der Waals surface area (Å²) in [5, 5.41) is 2.96. The third-order valence-corrected chi connectivity index (χ3v) is 6.87. The molecule has 7 nitrogen and oxygen atoms in total. The smallest absolute Gasteiger partial charge is 0.256 e. The summed E-state index contributed by atoms with van der Waals surface area (Å²) in [7, 11) is 3.10. The molecule has 2 aromatic carbocycles. The molecular weight excluding hydrogens is 430 g/mol. The van der Waals surface area contributed by atoms with Crippen molar-refractivity contribution in [3.8, 4) is 11.5 Å². The van der Waals surface area contributed by atoms with Crippen LogP contribution in [0.15, 0.2) is 36.4 Å². The van der Waals surface area contributed by atoms with Crippen molar-refractivity contribution in [3.63, 3.8) is 0 Å². The molecule has 0 aromatic heterocycles. The van der Waals surface area contributed by atoms with Crippen LogP contribution in [-0.4, -0.2) is 57.1 Å². The first-order valence-corrected chi connectivity index (χ1v) is 12.2. The van der Waals surface area contributed by atoms with Gasteiger partial charge in [0.05, 0.1) is 19.8 Å². The van der Waals surface area contributed by atoms with E-state index < -0.39 is 0 Å². The zero-order valence-electron chi connectivity index (χ0n) is 20.4. The predicted molar refractivity (Wildman–Crippen MR) is 134 cm³/mol. The Morgan fingerprint density at radius 2 is 1.53 bits per heavy atom. The maximum absolute atomic E-state index is 13.6. The molecule has 4 rings (SSSR count). The molecule has 2 aliphatic rings. The number of ether oxygens (including phenoxy) is 2. The van der Waals surface area contributed by atoms with E-state index in [1.165, 1.54) is 6.42 Å². The second kappa shape index (κ2) is 10.8. The van der Waals surface area contributed by atoms with E-state index in [4.69, 9.17) is 9.47 Å². The highest BCUT2D eigenvalue weighted by Crippen LogP contribution is 2.30. The number of carbonyl (C=O) groups excluding carboxylic acids is 2. The molecule has 0 saturated carbocycles. The van der Waals surface area contributed by atoms with E-state index in [0.717, 1.165) is 57.5 Å². The molecule has 0 bridgehead atoms. The summed E-state index contributed by atoms with van der Waals surface area (Å²) in [6.07, 6.45) is 5.54. The number of anilines is 2. The van der Waals surface area contributed by atoms with E-state index in [1.807, 2.05) is 23.1 Å². The zero-order valence-corrected chi connectivity index (χ0v) is 20.4. The zero-order chi connectivity index (χ0) is 24.1. The quantitative estimate of drug-likeness (QED) is 0.662. The SMILES string of the molecule is COc1cc(OC)cc(C(=O)Nc2ccc(N3CCCCC3)c(C(=O)N3CCC(C)CC3)c2)c1. The number of likely N-dealkylation sites (tertiary alicyclic amines) is 1. The van der Waals surface area contributed by atoms with Crippen LogP contribution in [0.2, 0.25) is 0 Å². The van der Waals surface area contributed by atoms with Crippen LogP contribution >= 0.6 is 0 Å². The van der Waals surface area contributed by atoms with E-state index >= 15 is 0 Å². The first-order chi connectivity index (χ1) is 16.5. The molecule has 0 radical (unpaired) electrons. The average Bonchev–Trinajstić information content (AvgIpc) is 2.88. The summed E-state index contributed by atoms with van der Waals surface area (Å²) in [6, 6.07) is 10.8. The van der Waals surface area contributed by atoms with E-state index in [2.05, 4.69) is 17.1 Å². The van der Waals surface area contributed by atoms with Crippen molar-refractivity contribution < 1.29 is 19.1 Å². The van der Waals surface area contributed by atoms with Gasteiger partial charge in [0.1, 0.15) is 11.5 Å². The standard InChI is InChI=1S/C27H35N3O4/c1-19-9-13-30(14-10-19)27(32)24-17-21(7-8-25(24)29-11-5-4-6-12-29)28-26(31)20-15-22(33-2)18-23(16-20)34-3/h7-8,15-19H,4-6,9-14H2,1-3H3,(H,28,31). The van der Waals surface area contributed by atoms with Gasteiger partial charge in [-0.1, -0.05) is 6.92 Å². The number of methoxy groups -OCH3 is 2. The number of benzene rings is 2. The van der Waals surface area contributed by atoms with E-state index in [1.54, 1.807) is 32.4 Å². The highest BCUT2D eigenvalue weighted by Gasteiger charge is 2.26. The molecule has 2 aromatic rings. The molecule has 0 atom stereocenters. The molecule has 0 spiro atoms. The second-order valence-corrected chi connectivity index (χ2v) is 9.31. The van der Waals surface area contributed by atoms with Gasteiger partial charge in [-0.15, -0.1) is 0 Å². The van der Waals surface area contributed by atoms with Crippen LogP contribution in [0.25, 0.3) is 0 Å². The van der Waals surface area contributed by atoms with Crippen molar-refractivity contribution in [3.05, 3.63) is 47.5 Å². The Hall–Kier alpha value is -3.22. The second-order valence-electron chi connectivity index (χ2n) is 9.31. The van der Waals surface area contributed by atoms with Gasteiger partial charge in [0, 0.05) is 49.2 Å². The Balaban J connectivity index is 1.61. The monoisotopic (exact) mass is 465 g/mol. The van der Waals surface area contributed by atoms with E-state index in [0.29, 0.717) is 34.2 Å². The summed E-state index contributed by atoms with van der Waals surface area (Å²) in [5.41, 5.74) is 2.65. The average molecular weight is 466 g/mol. The highest BCUT2D eigenvalue weighted by atomic mass is 16.5. The minimum Gasteiger partial charge on any atom is -0.497 e. The van der Waals surface area contributed by atoms with Gasteiger partial charge in [-0.3, -0.25) is 9.59 Å². The maximum atomic E-state index is 13.6. The predicted octanol–water partition coefficient (Wildman–Crippen LogP) is 4.82. The van der Waals surface area contributed by atoms with Crippen molar-refractivity contribution in [1.82, 2.24) is 4.90 Å². The molecule has 2 amide bonds. The summed E-state index contributed by atoms with van der Waals surface area (Å²) < 4.78 is 10.6. The molecule has 34 heavy (non-hydrogen) atoms. The fourth-order valence-electron chi connectivity index (χ4n) is 4.72. The molecule has 2 heterocycles. The topological polar surface area (TPSA) is 71.1 Å². The fourth-order valence-corrected chi connectivity index (χ4v) is 4.72. The lowest BCUT2D eigenvalue weighted by Gasteiger charge is -2.34. The number of rotatable bonds is 6. The molecule has 7 heteroatoms. The molecule has 2 saturated heterocycles. The maximum Gasteiger partial charge on any atom is 0.256 e. The molecule has 2 aliphatic heterocycles. The van der Waals surface area contributed by atoms with Crippen LogP contribution < -0.4 is 19.7 Å². The first-order valence-electron chi connectivity index (χ1n) is 12.2. The molecule has 0 unspecified atom stereocenters. The highest BCUT2D eigenvalue weighted by molar-refractivity contribution is 6.06. The summed E-state index contributed by atoms with van der Waals surface area (Å²) in [6.45, 7) is 5.70. The number of hydrogen-bond acceptors (Lipinski definition) is 5. The lowest BCUT2D eigenvalue weighted by molar-refractivity contribution is 0.0697. The minimum absolute atomic E-state index is 0.0478. The molecule has 1 N–H and O–H groups in total.